The van der Waals surface area contributed by atoms with Gasteiger partial charge in [-0.15, -0.1) is 23.3 Å². The Hall–Kier alpha value is 0.895. The average molecular weight is 259 g/mol. The fourth-order valence-corrected chi connectivity index (χ4v) is 2.10. The second-order valence-corrected chi connectivity index (χ2v) is 4.87. The average Bonchev–Trinajstić information content (AvgIpc) is 2.48. The van der Waals surface area contributed by atoms with Gasteiger partial charge >= 0.3 is 58.2 Å². The van der Waals surface area contributed by atoms with Crippen LogP contribution >= 0.6 is 0 Å². The Bertz CT molecular complexity index is 320. The molecule has 0 saturated carbocycles. The van der Waals surface area contributed by atoms with Crippen LogP contribution in [0.25, 0.3) is 0 Å². The van der Waals surface area contributed by atoms with Crippen LogP contribution in [0.4, 0.5) is 0 Å². The Labute approximate surface area is 136 Å². The van der Waals surface area contributed by atoms with E-state index in [2.05, 4.69) is 45.4 Å². The summed E-state index contributed by atoms with van der Waals surface area (Å²) in [5, 5.41) is 0. The minimum absolute atomic E-state index is 0. The molecule has 2 rings (SSSR count). The van der Waals surface area contributed by atoms with Gasteiger partial charge in [0.25, 0.3) is 0 Å². The summed E-state index contributed by atoms with van der Waals surface area (Å²) in [6.07, 6.45) is 4.84. The fraction of sp³-hybridized carbons (Fsp3) is 0.462. The summed E-state index contributed by atoms with van der Waals surface area (Å²) in [6.45, 7) is 6.86. The zero-order valence-corrected chi connectivity index (χ0v) is 14.6. The summed E-state index contributed by atoms with van der Waals surface area (Å²) in [5.74, 6) is 0. The standard InChI is InChI=1S/C13H17.Rb/c1-13(2,3)12-9-5-7-10-6-4-8-11(10)12;/h5,7-9H,4,6H2,1-3H3;/q-1;+1. The van der Waals surface area contributed by atoms with Crippen LogP contribution in [0.2, 0.25) is 0 Å². The molecule has 0 spiro atoms. The smallest absolute Gasteiger partial charge is 0.185 e. The van der Waals surface area contributed by atoms with Crippen LogP contribution in [0.3, 0.4) is 0 Å². The van der Waals surface area contributed by atoms with Crippen molar-refractivity contribution in [2.75, 3.05) is 0 Å². The minimum atomic E-state index is 0. The summed E-state index contributed by atoms with van der Waals surface area (Å²) in [6, 6.07) is 6.72. The Morgan fingerprint density at radius 3 is 2.57 bits per heavy atom. The first-order valence-electron chi connectivity index (χ1n) is 5.04. The Kier molecular flexibility index (Phi) is 4.46. The van der Waals surface area contributed by atoms with Gasteiger partial charge in [0.1, 0.15) is 0 Å². The van der Waals surface area contributed by atoms with Gasteiger partial charge in [-0.05, 0) is 0 Å². The quantitative estimate of drug-likeness (QED) is 0.594. The van der Waals surface area contributed by atoms with Gasteiger partial charge in [-0.25, -0.2) is 0 Å². The number of aryl methyl sites for hydroxylation is 1. The molecule has 0 fully saturated rings. The van der Waals surface area contributed by atoms with Crippen LogP contribution in [-0.2, 0) is 11.8 Å². The summed E-state index contributed by atoms with van der Waals surface area (Å²) < 4.78 is 0. The largest absolute Gasteiger partial charge is 1.00 e. The van der Waals surface area contributed by atoms with E-state index in [0.29, 0.717) is 0 Å². The van der Waals surface area contributed by atoms with Crippen molar-refractivity contribution in [1.82, 2.24) is 0 Å². The van der Waals surface area contributed by atoms with Crippen molar-refractivity contribution in [2.24, 2.45) is 0 Å². The third kappa shape index (κ3) is 2.52. The van der Waals surface area contributed by atoms with E-state index < -0.39 is 0 Å². The number of hydrogen-bond donors (Lipinski definition) is 0. The molecule has 1 heteroatoms. The number of benzene rings is 1. The molecule has 1 aromatic carbocycles. The van der Waals surface area contributed by atoms with Crippen molar-refractivity contribution >= 4 is 0 Å². The summed E-state index contributed by atoms with van der Waals surface area (Å²) in [7, 11) is 0. The number of hydrogen-bond acceptors (Lipinski definition) is 0. The van der Waals surface area contributed by atoms with Gasteiger partial charge in [0, 0.05) is 0 Å². The third-order valence-corrected chi connectivity index (χ3v) is 2.77. The Balaban J connectivity index is 0.000000980. The fourth-order valence-electron chi connectivity index (χ4n) is 2.10. The molecule has 0 N–H and O–H groups in total. The van der Waals surface area contributed by atoms with E-state index in [1.807, 2.05) is 0 Å². The third-order valence-electron chi connectivity index (χ3n) is 2.77. The Morgan fingerprint density at radius 2 is 1.93 bits per heavy atom. The zero-order chi connectivity index (χ0) is 9.47. The summed E-state index contributed by atoms with van der Waals surface area (Å²) in [5.41, 5.74) is 4.83. The van der Waals surface area contributed by atoms with Crippen LogP contribution in [0, 0.1) is 6.42 Å². The van der Waals surface area contributed by atoms with Gasteiger partial charge in [-0.3, -0.25) is 0 Å². The van der Waals surface area contributed by atoms with Crippen LogP contribution in [0.5, 0.6) is 0 Å². The molecule has 0 atom stereocenters. The van der Waals surface area contributed by atoms with Gasteiger partial charge in [-0.2, -0.15) is 12.0 Å². The predicted molar refractivity (Wildman–Crippen MR) is 56.9 cm³/mol. The summed E-state index contributed by atoms with van der Waals surface area (Å²) >= 11 is 0. The molecule has 1 aliphatic carbocycles. The molecule has 0 nitrogen and oxygen atoms in total. The maximum atomic E-state index is 2.38. The molecule has 1 aromatic rings. The van der Waals surface area contributed by atoms with E-state index >= 15 is 0 Å². The summed E-state index contributed by atoms with van der Waals surface area (Å²) in [4.78, 5) is 0. The molecule has 14 heavy (non-hydrogen) atoms. The number of rotatable bonds is 0. The molecule has 0 radical (unpaired) electrons. The molecule has 0 aromatic heterocycles. The monoisotopic (exact) mass is 258 g/mol. The van der Waals surface area contributed by atoms with Crippen molar-refractivity contribution in [1.29, 1.82) is 0 Å². The molecule has 0 saturated heterocycles. The SMILES string of the molecule is CC(C)(C)c1cccc2c1[CH-]CC2.[Rb+]. The molecule has 70 valence electrons. The predicted octanol–water partition coefficient (Wildman–Crippen LogP) is 0.487. The maximum Gasteiger partial charge on any atom is 1.00 e. The molecule has 0 unspecified atom stereocenters. The second-order valence-electron chi connectivity index (χ2n) is 4.87. The van der Waals surface area contributed by atoms with Crippen molar-refractivity contribution < 1.29 is 58.2 Å². The van der Waals surface area contributed by atoms with E-state index in [0.717, 1.165) is 0 Å². The van der Waals surface area contributed by atoms with Gasteiger partial charge in [0.05, 0.1) is 0 Å². The first-order chi connectivity index (χ1) is 6.09. The van der Waals surface area contributed by atoms with E-state index in [9.17, 15) is 0 Å². The van der Waals surface area contributed by atoms with Crippen LogP contribution in [-0.4, -0.2) is 0 Å². The van der Waals surface area contributed by atoms with E-state index in [1.54, 1.807) is 0 Å². The normalized spacial score (nSPS) is 14.2. The number of fused-ring (bicyclic) bond motifs is 1. The van der Waals surface area contributed by atoms with Crippen molar-refractivity contribution in [2.45, 2.75) is 39.0 Å². The zero-order valence-electron chi connectivity index (χ0n) is 9.72. The molecule has 1 aliphatic rings. The van der Waals surface area contributed by atoms with Crippen molar-refractivity contribution in [3.63, 3.8) is 0 Å². The van der Waals surface area contributed by atoms with Gasteiger partial charge in [-0.1, -0.05) is 45.1 Å². The van der Waals surface area contributed by atoms with Crippen LogP contribution in [0.1, 0.15) is 43.9 Å². The van der Waals surface area contributed by atoms with Gasteiger partial charge < -0.3 is 0 Å². The first-order valence-corrected chi connectivity index (χ1v) is 5.04. The van der Waals surface area contributed by atoms with E-state index in [4.69, 9.17) is 0 Å². The molecule has 0 heterocycles. The maximum absolute atomic E-state index is 2.38. The molecular weight excluding hydrogens is 242 g/mol. The van der Waals surface area contributed by atoms with Gasteiger partial charge in [0.2, 0.25) is 0 Å². The molecular formula is C13H17Rb. The van der Waals surface area contributed by atoms with E-state index in [-0.39, 0.29) is 63.6 Å². The molecule has 0 amide bonds. The van der Waals surface area contributed by atoms with Crippen molar-refractivity contribution in [3.8, 4) is 0 Å². The molecule has 0 bridgehead atoms. The van der Waals surface area contributed by atoms with Gasteiger partial charge in [0.15, 0.2) is 0 Å². The topological polar surface area (TPSA) is 0 Å². The minimum Gasteiger partial charge on any atom is -0.185 e. The second kappa shape index (κ2) is 4.82. The Morgan fingerprint density at radius 1 is 1.21 bits per heavy atom. The van der Waals surface area contributed by atoms with Crippen LogP contribution in [0.15, 0.2) is 18.2 Å². The van der Waals surface area contributed by atoms with Crippen LogP contribution < -0.4 is 58.2 Å². The van der Waals surface area contributed by atoms with Crippen molar-refractivity contribution in [3.05, 3.63) is 41.3 Å². The molecule has 0 aliphatic heterocycles. The van der Waals surface area contributed by atoms with E-state index in [1.165, 1.54) is 29.5 Å². The first kappa shape index (κ1) is 13.0.